The Morgan fingerprint density at radius 3 is 1.37 bits per heavy atom. The summed E-state index contributed by atoms with van der Waals surface area (Å²) in [5.41, 5.74) is 10.8. The van der Waals surface area contributed by atoms with E-state index in [1.165, 1.54) is 50.1 Å². The zero-order valence-corrected chi connectivity index (χ0v) is 30.9. The molecule has 0 aromatic heterocycles. The standard InChI is InChI=1S/2C16H14O3.C13H21NO2/c2*17-9-16(18)19-10-15-13-7-3-1-5-11(13)12-6-2-4-8-14(12)15;1-3-16-13(15-2)11-14-10-9-12-7-5-4-6-8-12/h2*1-8,15,17H,9-10H2;4-8,13-14H,3,9-11H2,1-2H3. The molecule has 3 N–H and O–H groups in total. The van der Waals surface area contributed by atoms with Crippen LogP contribution in [0.15, 0.2) is 127 Å². The molecule has 0 aliphatic heterocycles. The van der Waals surface area contributed by atoms with E-state index in [9.17, 15) is 9.59 Å². The van der Waals surface area contributed by atoms with Crippen LogP contribution in [0.1, 0.15) is 46.6 Å². The normalized spacial score (nSPS) is 12.8. The van der Waals surface area contributed by atoms with E-state index in [-0.39, 0.29) is 31.3 Å². The molecule has 9 heteroatoms. The fourth-order valence-corrected chi connectivity index (χ4v) is 6.82. The maximum absolute atomic E-state index is 11.1. The summed E-state index contributed by atoms with van der Waals surface area (Å²) in [6, 6.07) is 43.0. The topological polar surface area (TPSA) is 124 Å². The van der Waals surface area contributed by atoms with Crippen molar-refractivity contribution in [2.45, 2.75) is 31.5 Å². The van der Waals surface area contributed by atoms with Crippen molar-refractivity contribution in [3.63, 3.8) is 0 Å². The fourth-order valence-electron chi connectivity index (χ4n) is 6.82. The Morgan fingerprint density at radius 1 is 0.611 bits per heavy atom. The molecular formula is C45H49NO8. The maximum atomic E-state index is 11.1. The second-order valence-corrected chi connectivity index (χ2v) is 12.7. The molecule has 1 unspecified atom stereocenters. The van der Waals surface area contributed by atoms with Gasteiger partial charge in [0.05, 0.1) is 0 Å². The first-order valence-electron chi connectivity index (χ1n) is 18.3. The summed E-state index contributed by atoms with van der Waals surface area (Å²) in [6.45, 7) is 3.72. The molecule has 54 heavy (non-hydrogen) atoms. The largest absolute Gasteiger partial charge is 0.463 e. The summed E-state index contributed by atoms with van der Waals surface area (Å²) in [7, 11) is 1.67. The number of carbonyl (C=O) groups is 2. The van der Waals surface area contributed by atoms with E-state index in [0.29, 0.717) is 6.61 Å². The molecular weight excluding hydrogens is 682 g/mol. The fraction of sp³-hybridized carbons (Fsp3) is 0.289. The van der Waals surface area contributed by atoms with Crippen molar-refractivity contribution < 1.29 is 38.7 Å². The van der Waals surface area contributed by atoms with E-state index >= 15 is 0 Å². The third-order valence-corrected chi connectivity index (χ3v) is 9.37. The van der Waals surface area contributed by atoms with Gasteiger partial charge in [0.1, 0.15) is 26.4 Å². The third kappa shape index (κ3) is 10.5. The van der Waals surface area contributed by atoms with Gasteiger partial charge in [0, 0.05) is 32.1 Å². The minimum atomic E-state index is -0.582. The second-order valence-electron chi connectivity index (χ2n) is 12.7. The van der Waals surface area contributed by atoms with Crippen LogP contribution in [0.5, 0.6) is 0 Å². The van der Waals surface area contributed by atoms with E-state index in [0.717, 1.165) is 19.5 Å². The quantitative estimate of drug-likeness (QED) is 0.0668. The zero-order chi connectivity index (χ0) is 38.1. The molecule has 0 amide bonds. The predicted molar refractivity (Wildman–Crippen MR) is 209 cm³/mol. The molecule has 0 saturated carbocycles. The highest BCUT2D eigenvalue weighted by molar-refractivity contribution is 5.80. The number of rotatable bonds is 14. The molecule has 1 atom stereocenters. The minimum absolute atomic E-state index is 0.0582. The van der Waals surface area contributed by atoms with Gasteiger partial charge in [-0.15, -0.1) is 0 Å². The Hall–Kier alpha value is -5.16. The Bertz CT molecular complexity index is 1730. The number of nitrogens with one attached hydrogen (secondary N) is 1. The predicted octanol–water partition coefficient (Wildman–Crippen LogP) is 6.50. The van der Waals surface area contributed by atoms with Gasteiger partial charge in [-0.05, 0) is 70.0 Å². The number of hydrogen-bond donors (Lipinski definition) is 3. The van der Waals surface area contributed by atoms with Crippen molar-refractivity contribution in [2.75, 3.05) is 53.2 Å². The summed E-state index contributed by atoms with van der Waals surface area (Å²) in [4.78, 5) is 22.2. The zero-order valence-electron chi connectivity index (χ0n) is 30.9. The van der Waals surface area contributed by atoms with Gasteiger partial charge in [-0.1, -0.05) is 127 Å². The van der Waals surface area contributed by atoms with Crippen molar-refractivity contribution in [2.24, 2.45) is 0 Å². The van der Waals surface area contributed by atoms with Crippen molar-refractivity contribution in [3.05, 3.63) is 155 Å². The van der Waals surface area contributed by atoms with Crippen LogP contribution in [0.25, 0.3) is 22.3 Å². The number of ether oxygens (including phenoxy) is 4. The first-order chi connectivity index (χ1) is 26.5. The number of fused-ring (bicyclic) bond motifs is 6. The molecule has 2 aliphatic rings. The molecule has 0 spiro atoms. The van der Waals surface area contributed by atoms with E-state index in [1.54, 1.807) is 7.11 Å². The van der Waals surface area contributed by atoms with Crippen LogP contribution < -0.4 is 5.32 Å². The van der Waals surface area contributed by atoms with Gasteiger partial charge >= 0.3 is 11.9 Å². The SMILES string of the molecule is CCOC(CNCCc1ccccc1)OC.O=C(CO)OCC1c2ccccc2-c2ccccc21.O=C(CO)OCC1c2ccccc2-c2ccccc21. The van der Waals surface area contributed by atoms with Crippen molar-refractivity contribution in [3.8, 4) is 22.3 Å². The minimum Gasteiger partial charge on any atom is -0.463 e. The van der Waals surface area contributed by atoms with Crippen LogP contribution in [0.4, 0.5) is 0 Å². The number of aliphatic hydroxyl groups is 2. The summed E-state index contributed by atoms with van der Waals surface area (Å²) in [6.07, 6.45) is 0.893. The van der Waals surface area contributed by atoms with Crippen LogP contribution in [0, 0.1) is 0 Å². The average molecular weight is 732 g/mol. The lowest BCUT2D eigenvalue weighted by Crippen LogP contribution is -2.31. The van der Waals surface area contributed by atoms with Gasteiger partial charge < -0.3 is 34.5 Å². The Kier molecular flexibility index (Phi) is 15.5. The Balaban J connectivity index is 0.000000157. The van der Waals surface area contributed by atoms with Crippen molar-refractivity contribution in [1.29, 1.82) is 0 Å². The number of benzene rings is 5. The summed E-state index contributed by atoms with van der Waals surface area (Å²) < 4.78 is 20.7. The monoisotopic (exact) mass is 731 g/mol. The second kappa shape index (κ2) is 20.9. The van der Waals surface area contributed by atoms with Crippen LogP contribution in [0.2, 0.25) is 0 Å². The Morgan fingerprint density at radius 2 is 1.00 bits per heavy atom. The molecule has 5 aromatic rings. The van der Waals surface area contributed by atoms with Crippen LogP contribution in [-0.4, -0.2) is 81.7 Å². The van der Waals surface area contributed by atoms with E-state index < -0.39 is 25.2 Å². The lowest BCUT2D eigenvalue weighted by Gasteiger charge is -2.15. The highest BCUT2D eigenvalue weighted by Gasteiger charge is 2.30. The lowest BCUT2D eigenvalue weighted by atomic mass is 9.98. The van der Waals surface area contributed by atoms with Crippen LogP contribution in [0.3, 0.4) is 0 Å². The summed E-state index contributed by atoms with van der Waals surface area (Å²) in [5, 5.41) is 20.8. The Labute approximate surface area is 317 Å². The van der Waals surface area contributed by atoms with Crippen molar-refractivity contribution >= 4 is 11.9 Å². The number of methoxy groups -OCH3 is 1. The highest BCUT2D eigenvalue weighted by atomic mass is 16.7. The molecule has 0 fully saturated rings. The molecule has 7 rings (SSSR count). The average Bonchev–Trinajstić information content (AvgIpc) is 3.73. The molecule has 0 heterocycles. The molecule has 0 saturated heterocycles. The molecule has 9 nitrogen and oxygen atoms in total. The lowest BCUT2D eigenvalue weighted by molar-refractivity contribution is -0.147. The molecule has 5 aromatic carbocycles. The van der Waals surface area contributed by atoms with Gasteiger partial charge in [-0.2, -0.15) is 0 Å². The van der Waals surface area contributed by atoms with Crippen LogP contribution in [-0.2, 0) is 35.0 Å². The van der Waals surface area contributed by atoms with Gasteiger partial charge in [0.25, 0.3) is 0 Å². The van der Waals surface area contributed by atoms with E-state index in [1.807, 2.05) is 61.5 Å². The molecule has 282 valence electrons. The number of carbonyl (C=O) groups excluding carboxylic acids is 2. The summed E-state index contributed by atoms with van der Waals surface area (Å²) >= 11 is 0. The number of hydrogen-bond acceptors (Lipinski definition) is 9. The van der Waals surface area contributed by atoms with Crippen LogP contribution >= 0.6 is 0 Å². The van der Waals surface area contributed by atoms with Gasteiger partial charge in [-0.25, -0.2) is 9.59 Å². The molecule has 2 aliphatic carbocycles. The molecule has 0 bridgehead atoms. The number of aliphatic hydroxyl groups excluding tert-OH is 2. The first kappa shape index (κ1) is 40.0. The third-order valence-electron chi connectivity index (χ3n) is 9.37. The first-order valence-corrected chi connectivity index (χ1v) is 18.3. The summed E-state index contributed by atoms with van der Waals surface area (Å²) in [5.74, 6) is -1.05. The maximum Gasteiger partial charge on any atom is 0.331 e. The smallest absolute Gasteiger partial charge is 0.331 e. The van der Waals surface area contributed by atoms with Gasteiger partial charge in [0.2, 0.25) is 0 Å². The van der Waals surface area contributed by atoms with Crippen molar-refractivity contribution in [1.82, 2.24) is 5.32 Å². The van der Waals surface area contributed by atoms with Gasteiger partial charge in [0.15, 0.2) is 6.29 Å². The number of esters is 2. The van der Waals surface area contributed by atoms with Gasteiger partial charge in [-0.3, -0.25) is 0 Å². The van der Waals surface area contributed by atoms with E-state index in [2.05, 4.69) is 78.1 Å². The highest BCUT2D eigenvalue weighted by Crippen LogP contribution is 2.45. The molecule has 0 radical (unpaired) electrons. The van der Waals surface area contributed by atoms with E-state index in [4.69, 9.17) is 29.2 Å².